The monoisotopic (exact) mass is 467 g/mol. The number of nitrogens with zero attached hydrogens (tertiary/aromatic N) is 2. The van der Waals surface area contributed by atoms with E-state index >= 15 is 0 Å². The van der Waals surface area contributed by atoms with Crippen LogP contribution in [0.2, 0.25) is 0 Å². The number of phenols is 1. The third kappa shape index (κ3) is 3.66. The highest BCUT2D eigenvalue weighted by Crippen LogP contribution is 2.55. The van der Waals surface area contributed by atoms with Crippen LogP contribution in [-0.2, 0) is 0 Å². The standard InChI is InChI=1S/C23H22F5N3O2/c1-4-12-8-22(33,23(26,27)28)21(14-7-16(25)10(2)20(32)19(12)14)31-18-6-13(24)5-17-15(18)9-29-11(3)30-17/h5-7,9,12,21,31-33H,4,8H2,1-3H3/t12-,21+,22-/m1/s1. The Morgan fingerprint density at radius 3 is 2.52 bits per heavy atom. The second-order valence-electron chi connectivity index (χ2n) is 8.45. The Labute approximate surface area is 186 Å². The first-order valence-corrected chi connectivity index (χ1v) is 10.4. The predicted molar refractivity (Wildman–Crippen MR) is 112 cm³/mol. The zero-order chi connectivity index (χ0) is 24.3. The SMILES string of the molecule is CC[C@@H]1C[C@](O)(C(F)(F)F)[C@@H](Nc2cc(F)cc3nc(C)ncc23)c2cc(F)c(C)c(O)c21. The van der Waals surface area contributed by atoms with Crippen LogP contribution < -0.4 is 5.32 Å². The van der Waals surface area contributed by atoms with E-state index in [1.165, 1.54) is 13.1 Å². The fraction of sp³-hybridized carbons (Fsp3) is 0.391. The Hall–Kier alpha value is -3.01. The zero-order valence-electron chi connectivity index (χ0n) is 18.1. The highest BCUT2D eigenvalue weighted by Gasteiger charge is 2.62. The quantitative estimate of drug-likeness (QED) is 0.439. The topological polar surface area (TPSA) is 78.3 Å². The van der Waals surface area contributed by atoms with Gasteiger partial charge in [0.25, 0.3) is 0 Å². The van der Waals surface area contributed by atoms with E-state index in [-0.39, 0.29) is 39.7 Å². The van der Waals surface area contributed by atoms with Crippen LogP contribution in [0.15, 0.2) is 24.4 Å². The van der Waals surface area contributed by atoms with E-state index in [0.29, 0.717) is 5.82 Å². The van der Waals surface area contributed by atoms with Crippen LogP contribution in [0.1, 0.15) is 54.2 Å². The number of fused-ring (bicyclic) bond motifs is 2. The lowest BCUT2D eigenvalue weighted by atomic mass is 9.68. The summed E-state index contributed by atoms with van der Waals surface area (Å²) in [6.07, 6.45) is -4.37. The normalized spacial score (nSPS) is 22.9. The average Bonchev–Trinajstić information content (AvgIpc) is 2.72. The number of nitrogens with one attached hydrogen (secondary N) is 1. The number of aliphatic hydroxyl groups is 1. The van der Waals surface area contributed by atoms with Crippen LogP contribution in [0.4, 0.5) is 27.6 Å². The minimum Gasteiger partial charge on any atom is -0.507 e. The van der Waals surface area contributed by atoms with Crippen LogP contribution in [-0.4, -0.2) is 32.0 Å². The molecule has 1 heterocycles. The highest BCUT2D eigenvalue weighted by molar-refractivity contribution is 5.91. The van der Waals surface area contributed by atoms with Crippen molar-refractivity contribution in [3.63, 3.8) is 0 Å². The fourth-order valence-electron chi connectivity index (χ4n) is 4.59. The minimum atomic E-state index is -5.11. The van der Waals surface area contributed by atoms with Gasteiger partial charge in [0.15, 0.2) is 5.60 Å². The Balaban J connectivity index is 1.98. The number of hydrogen-bond acceptors (Lipinski definition) is 5. The molecule has 0 saturated carbocycles. The molecular formula is C23H22F5N3O2. The molecule has 3 N–H and O–H groups in total. The highest BCUT2D eigenvalue weighted by atomic mass is 19.4. The molecule has 0 amide bonds. The second kappa shape index (κ2) is 7.79. The number of benzene rings is 2. The second-order valence-corrected chi connectivity index (χ2v) is 8.45. The molecule has 5 nitrogen and oxygen atoms in total. The van der Waals surface area contributed by atoms with Crippen LogP contribution in [0.3, 0.4) is 0 Å². The summed E-state index contributed by atoms with van der Waals surface area (Å²) in [7, 11) is 0. The Morgan fingerprint density at radius 1 is 1.18 bits per heavy atom. The maximum Gasteiger partial charge on any atom is 0.419 e. The van der Waals surface area contributed by atoms with Gasteiger partial charge in [0.2, 0.25) is 0 Å². The number of halogens is 5. The third-order valence-corrected chi connectivity index (χ3v) is 6.39. The summed E-state index contributed by atoms with van der Waals surface area (Å²) < 4.78 is 71.7. The number of hydrogen-bond donors (Lipinski definition) is 3. The van der Waals surface area contributed by atoms with E-state index < -0.39 is 47.5 Å². The Kier molecular flexibility index (Phi) is 5.47. The lowest BCUT2D eigenvalue weighted by Gasteiger charge is -2.46. The smallest absolute Gasteiger partial charge is 0.419 e. The van der Waals surface area contributed by atoms with E-state index in [1.807, 2.05) is 0 Å². The van der Waals surface area contributed by atoms with Crippen LogP contribution in [0, 0.1) is 25.5 Å². The molecule has 0 saturated heterocycles. The Morgan fingerprint density at radius 2 is 1.88 bits per heavy atom. The number of aryl methyl sites for hydroxylation is 1. The van der Waals surface area contributed by atoms with Gasteiger partial charge in [-0.15, -0.1) is 0 Å². The van der Waals surface area contributed by atoms with Crippen molar-refractivity contribution in [2.24, 2.45) is 0 Å². The van der Waals surface area contributed by atoms with E-state index in [4.69, 9.17) is 0 Å². The van der Waals surface area contributed by atoms with Crippen molar-refractivity contribution in [1.29, 1.82) is 0 Å². The summed E-state index contributed by atoms with van der Waals surface area (Å²) in [5.74, 6) is -2.67. The van der Waals surface area contributed by atoms with Gasteiger partial charge >= 0.3 is 6.18 Å². The Bertz CT molecular complexity index is 1240. The van der Waals surface area contributed by atoms with Gasteiger partial charge in [-0.2, -0.15) is 13.2 Å². The molecule has 3 atom stereocenters. The maximum absolute atomic E-state index is 14.6. The van der Waals surface area contributed by atoms with Gasteiger partial charge in [0.1, 0.15) is 23.2 Å². The number of anilines is 1. The van der Waals surface area contributed by atoms with Crippen molar-refractivity contribution in [3.05, 3.63) is 58.5 Å². The van der Waals surface area contributed by atoms with E-state index in [9.17, 15) is 32.2 Å². The van der Waals surface area contributed by atoms with E-state index in [0.717, 1.165) is 18.2 Å². The first-order valence-electron chi connectivity index (χ1n) is 10.4. The molecule has 4 rings (SSSR count). The molecule has 1 aliphatic rings. The first-order chi connectivity index (χ1) is 15.4. The molecule has 0 radical (unpaired) electrons. The van der Waals surface area contributed by atoms with Gasteiger partial charge in [-0.25, -0.2) is 18.7 Å². The molecule has 10 heteroatoms. The number of alkyl halides is 3. The summed E-state index contributed by atoms with van der Waals surface area (Å²) in [5, 5.41) is 24.4. The molecule has 1 aliphatic carbocycles. The first kappa shape index (κ1) is 23.2. The molecular weight excluding hydrogens is 445 g/mol. The van der Waals surface area contributed by atoms with Gasteiger partial charge in [-0.05, 0) is 50.3 Å². The number of phenolic OH excluding ortho intramolecular Hbond substituents is 1. The van der Waals surface area contributed by atoms with Crippen LogP contribution in [0.5, 0.6) is 5.75 Å². The number of rotatable bonds is 3. The van der Waals surface area contributed by atoms with Crippen LogP contribution >= 0.6 is 0 Å². The van der Waals surface area contributed by atoms with Gasteiger partial charge in [-0.1, -0.05) is 6.92 Å². The summed E-state index contributed by atoms with van der Waals surface area (Å²) in [6.45, 7) is 4.53. The van der Waals surface area contributed by atoms with Crippen LogP contribution in [0.25, 0.3) is 10.9 Å². The van der Waals surface area contributed by atoms with Gasteiger partial charge in [0, 0.05) is 34.5 Å². The largest absolute Gasteiger partial charge is 0.507 e. The lowest BCUT2D eigenvalue weighted by molar-refractivity contribution is -0.272. The molecule has 0 fully saturated rings. The van der Waals surface area contributed by atoms with Gasteiger partial charge in [0.05, 0.1) is 11.6 Å². The molecule has 3 aromatic rings. The van der Waals surface area contributed by atoms with Crippen molar-refractivity contribution in [2.75, 3.05) is 5.32 Å². The predicted octanol–water partition coefficient (Wildman–Crippen LogP) is 5.57. The number of aromatic nitrogens is 2. The van der Waals surface area contributed by atoms with Crippen molar-refractivity contribution < 1.29 is 32.2 Å². The zero-order valence-corrected chi connectivity index (χ0v) is 18.1. The molecule has 1 aromatic heterocycles. The summed E-state index contributed by atoms with van der Waals surface area (Å²) in [5.41, 5.74) is -3.46. The molecule has 0 aliphatic heterocycles. The molecule has 176 valence electrons. The molecule has 0 spiro atoms. The minimum absolute atomic E-state index is 0.0940. The lowest BCUT2D eigenvalue weighted by Crippen LogP contribution is -2.55. The summed E-state index contributed by atoms with van der Waals surface area (Å²) in [4.78, 5) is 8.14. The molecule has 0 unspecified atom stereocenters. The third-order valence-electron chi connectivity index (χ3n) is 6.39. The fourth-order valence-corrected chi connectivity index (χ4v) is 4.59. The van der Waals surface area contributed by atoms with E-state index in [1.54, 1.807) is 13.8 Å². The van der Waals surface area contributed by atoms with E-state index in [2.05, 4.69) is 15.3 Å². The van der Waals surface area contributed by atoms with Crippen molar-refractivity contribution in [1.82, 2.24) is 9.97 Å². The molecule has 0 bridgehead atoms. The van der Waals surface area contributed by atoms with Crippen molar-refractivity contribution in [3.8, 4) is 5.75 Å². The van der Waals surface area contributed by atoms with Gasteiger partial charge in [-0.3, -0.25) is 0 Å². The van der Waals surface area contributed by atoms with Gasteiger partial charge < -0.3 is 15.5 Å². The van der Waals surface area contributed by atoms with Crippen molar-refractivity contribution in [2.45, 2.75) is 57.3 Å². The average molecular weight is 467 g/mol. The number of aromatic hydroxyl groups is 1. The molecule has 33 heavy (non-hydrogen) atoms. The van der Waals surface area contributed by atoms with Crippen molar-refractivity contribution >= 4 is 16.6 Å². The molecule has 2 aromatic carbocycles. The maximum atomic E-state index is 14.6. The summed E-state index contributed by atoms with van der Waals surface area (Å²) in [6, 6.07) is 1.04. The summed E-state index contributed by atoms with van der Waals surface area (Å²) >= 11 is 0.